The zero-order valence-corrected chi connectivity index (χ0v) is 13.3. The maximum atomic E-state index is 12.2. The van der Waals surface area contributed by atoms with Crippen LogP contribution in [-0.2, 0) is 0 Å². The van der Waals surface area contributed by atoms with Gasteiger partial charge in [0.1, 0.15) is 12.4 Å². The van der Waals surface area contributed by atoms with Gasteiger partial charge in [0, 0.05) is 22.7 Å². The molecular weight excluding hydrogens is 322 g/mol. The highest BCUT2D eigenvalue weighted by molar-refractivity contribution is 6.06. The number of H-pyrrole nitrogens is 1. The van der Waals surface area contributed by atoms with E-state index in [4.69, 9.17) is 9.94 Å². The van der Waals surface area contributed by atoms with Gasteiger partial charge < -0.3 is 15.0 Å². The van der Waals surface area contributed by atoms with E-state index in [1.165, 1.54) is 12.1 Å². The summed E-state index contributed by atoms with van der Waals surface area (Å²) in [6.45, 7) is 0.636. The maximum absolute atomic E-state index is 12.2. The molecule has 0 aliphatic rings. The van der Waals surface area contributed by atoms with E-state index in [0.29, 0.717) is 30.0 Å². The molecule has 128 valence electrons. The molecule has 0 saturated heterocycles. The van der Waals surface area contributed by atoms with E-state index >= 15 is 0 Å². The Morgan fingerprint density at radius 3 is 2.56 bits per heavy atom. The molecule has 0 bridgehead atoms. The van der Waals surface area contributed by atoms with Crippen LogP contribution in [0.5, 0.6) is 5.75 Å². The molecular formula is C18H17N3O4. The van der Waals surface area contributed by atoms with Crippen molar-refractivity contribution >= 4 is 22.7 Å². The highest BCUT2D eigenvalue weighted by Gasteiger charge is 2.11. The molecule has 7 nitrogen and oxygen atoms in total. The van der Waals surface area contributed by atoms with Gasteiger partial charge in [-0.25, -0.2) is 5.48 Å². The van der Waals surface area contributed by atoms with Crippen LogP contribution in [0, 0.1) is 0 Å². The minimum absolute atomic E-state index is 0.170. The van der Waals surface area contributed by atoms with Crippen LogP contribution in [0.2, 0.25) is 0 Å². The van der Waals surface area contributed by atoms with Crippen LogP contribution in [0.4, 0.5) is 0 Å². The summed E-state index contributed by atoms with van der Waals surface area (Å²) in [5, 5.41) is 12.2. The van der Waals surface area contributed by atoms with Crippen LogP contribution in [0.15, 0.2) is 54.7 Å². The molecule has 0 saturated carbocycles. The van der Waals surface area contributed by atoms with Crippen LogP contribution in [0.1, 0.15) is 20.7 Å². The van der Waals surface area contributed by atoms with Gasteiger partial charge in [-0.2, -0.15) is 0 Å². The molecule has 1 aromatic heterocycles. The topological polar surface area (TPSA) is 103 Å². The third-order valence-corrected chi connectivity index (χ3v) is 3.71. The highest BCUT2D eigenvalue weighted by Crippen LogP contribution is 2.17. The van der Waals surface area contributed by atoms with E-state index in [2.05, 4.69) is 10.3 Å². The number of rotatable bonds is 6. The van der Waals surface area contributed by atoms with E-state index in [1.807, 2.05) is 24.3 Å². The molecule has 0 unspecified atom stereocenters. The molecule has 0 aliphatic carbocycles. The molecule has 25 heavy (non-hydrogen) atoms. The van der Waals surface area contributed by atoms with E-state index in [-0.39, 0.29) is 5.91 Å². The molecule has 0 spiro atoms. The molecule has 0 aliphatic heterocycles. The molecule has 3 aromatic rings. The molecule has 7 heteroatoms. The summed E-state index contributed by atoms with van der Waals surface area (Å²) in [4.78, 5) is 26.5. The van der Waals surface area contributed by atoms with E-state index in [0.717, 1.165) is 10.9 Å². The average Bonchev–Trinajstić information content (AvgIpc) is 3.09. The number of hydroxylamine groups is 1. The van der Waals surface area contributed by atoms with Gasteiger partial charge in [-0.3, -0.25) is 14.8 Å². The van der Waals surface area contributed by atoms with Crippen LogP contribution in [0.3, 0.4) is 0 Å². The van der Waals surface area contributed by atoms with Crippen molar-refractivity contribution in [1.29, 1.82) is 0 Å². The predicted molar refractivity (Wildman–Crippen MR) is 91.8 cm³/mol. The molecule has 4 N–H and O–H groups in total. The summed E-state index contributed by atoms with van der Waals surface area (Å²) < 4.78 is 5.51. The Morgan fingerprint density at radius 2 is 1.80 bits per heavy atom. The second-order valence-corrected chi connectivity index (χ2v) is 5.32. The molecule has 0 atom stereocenters. The minimum Gasteiger partial charge on any atom is -0.492 e. The molecule has 2 amide bonds. The lowest BCUT2D eigenvalue weighted by Gasteiger charge is -2.08. The lowest BCUT2D eigenvalue weighted by Crippen LogP contribution is -2.27. The largest absolute Gasteiger partial charge is 0.492 e. The first kappa shape index (κ1) is 16.5. The predicted octanol–water partition coefficient (Wildman–Crippen LogP) is 2.10. The fourth-order valence-corrected chi connectivity index (χ4v) is 2.46. The van der Waals surface area contributed by atoms with Gasteiger partial charge in [-0.15, -0.1) is 0 Å². The zero-order chi connectivity index (χ0) is 17.6. The fraction of sp³-hybridized carbons (Fsp3) is 0.111. The van der Waals surface area contributed by atoms with Crippen molar-refractivity contribution in [3.8, 4) is 5.75 Å². The highest BCUT2D eigenvalue weighted by atomic mass is 16.5. The summed E-state index contributed by atoms with van der Waals surface area (Å²) in [7, 11) is 0. The smallest absolute Gasteiger partial charge is 0.274 e. The normalized spacial score (nSPS) is 10.4. The second kappa shape index (κ2) is 7.50. The zero-order valence-electron chi connectivity index (χ0n) is 13.3. The Labute approximate surface area is 143 Å². The number of benzene rings is 2. The summed E-state index contributed by atoms with van der Waals surface area (Å²) in [6.07, 6.45) is 1.69. The first-order valence-electron chi connectivity index (χ1n) is 7.70. The van der Waals surface area contributed by atoms with Gasteiger partial charge in [0.15, 0.2) is 0 Å². The number of aromatic nitrogens is 1. The lowest BCUT2D eigenvalue weighted by atomic mass is 10.1. The maximum Gasteiger partial charge on any atom is 0.274 e. The fourth-order valence-electron chi connectivity index (χ4n) is 2.46. The van der Waals surface area contributed by atoms with E-state index in [1.54, 1.807) is 23.8 Å². The lowest BCUT2D eigenvalue weighted by molar-refractivity contribution is 0.0706. The quantitative estimate of drug-likeness (QED) is 0.314. The van der Waals surface area contributed by atoms with E-state index in [9.17, 15) is 9.59 Å². The van der Waals surface area contributed by atoms with Gasteiger partial charge >= 0.3 is 0 Å². The molecule has 1 heterocycles. The number of fused-ring (bicyclic) bond motifs is 1. The first-order chi connectivity index (χ1) is 12.2. The monoisotopic (exact) mass is 339 g/mol. The summed E-state index contributed by atoms with van der Waals surface area (Å²) in [5.74, 6) is -0.190. The number of carbonyl (C=O) groups excluding carboxylic acids is 2. The van der Waals surface area contributed by atoms with Crippen LogP contribution in [-0.4, -0.2) is 35.2 Å². The Hall–Kier alpha value is -3.32. The standard InChI is InChI=1S/C18H17N3O4/c22-17(21-24)12-5-7-13(8-6-12)25-10-9-19-18(23)15-11-20-16-4-2-1-3-14(15)16/h1-8,11,20,24H,9-10H2,(H,19,23)(H,21,22). The first-order valence-corrected chi connectivity index (χ1v) is 7.70. The molecule has 2 aromatic carbocycles. The number of aromatic amines is 1. The average molecular weight is 339 g/mol. The summed E-state index contributed by atoms with van der Waals surface area (Å²) in [5.41, 5.74) is 3.39. The van der Waals surface area contributed by atoms with Crippen molar-refractivity contribution in [2.75, 3.05) is 13.2 Å². The number of hydrogen-bond donors (Lipinski definition) is 4. The molecule has 3 rings (SSSR count). The molecule has 0 fully saturated rings. The van der Waals surface area contributed by atoms with Gasteiger partial charge in [-0.05, 0) is 30.3 Å². The second-order valence-electron chi connectivity index (χ2n) is 5.32. The van der Waals surface area contributed by atoms with Gasteiger partial charge in [0.25, 0.3) is 11.8 Å². The van der Waals surface area contributed by atoms with Crippen molar-refractivity contribution < 1.29 is 19.5 Å². The molecule has 0 radical (unpaired) electrons. The SMILES string of the molecule is O=C(NO)c1ccc(OCCNC(=O)c2c[nH]c3ccccc23)cc1. The third-order valence-electron chi connectivity index (χ3n) is 3.71. The summed E-state index contributed by atoms with van der Waals surface area (Å²) >= 11 is 0. The van der Waals surface area contributed by atoms with Crippen molar-refractivity contribution in [2.24, 2.45) is 0 Å². The van der Waals surface area contributed by atoms with Crippen LogP contribution >= 0.6 is 0 Å². The van der Waals surface area contributed by atoms with Crippen LogP contribution < -0.4 is 15.5 Å². The Balaban J connectivity index is 1.50. The van der Waals surface area contributed by atoms with E-state index < -0.39 is 5.91 Å². The number of hydrogen-bond acceptors (Lipinski definition) is 4. The summed E-state index contributed by atoms with van der Waals surface area (Å²) in [6, 6.07) is 13.9. The minimum atomic E-state index is -0.586. The van der Waals surface area contributed by atoms with Gasteiger partial charge in [0.2, 0.25) is 0 Å². The number of para-hydroxylation sites is 1. The number of nitrogens with one attached hydrogen (secondary N) is 3. The number of ether oxygens (including phenoxy) is 1. The van der Waals surface area contributed by atoms with Crippen molar-refractivity contribution in [2.45, 2.75) is 0 Å². The van der Waals surface area contributed by atoms with Crippen molar-refractivity contribution in [3.63, 3.8) is 0 Å². The van der Waals surface area contributed by atoms with Gasteiger partial charge in [-0.1, -0.05) is 18.2 Å². The Bertz CT molecular complexity index is 887. The third kappa shape index (κ3) is 3.78. The van der Waals surface area contributed by atoms with Crippen molar-refractivity contribution in [3.05, 3.63) is 65.9 Å². The van der Waals surface area contributed by atoms with Crippen molar-refractivity contribution in [1.82, 2.24) is 15.8 Å². The Kier molecular flexibility index (Phi) is 4.96. The van der Waals surface area contributed by atoms with Gasteiger partial charge in [0.05, 0.1) is 12.1 Å². The Morgan fingerprint density at radius 1 is 1.04 bits per heavy atom. The number of amides is 2. The van der Waals surface area contributed by atoms with Crippen LogP contribution in [0.25, 0.3) is 10.9 Å². The number of carbonyl (C=O) groups is 2.